The molecular formula is C9H13NO. The van der Waals surface area contributed by atoms with Crippen molar-refractivity contribution in [3.8, 4) is 0 Å². The second-order valence-electron chi connectivity index (χ2n) is 3.29. The molecule has 0 amide bonds. The molecule has 1 aromatic rings. The smallest absolute Gasteiger partial charge is 0.109 e. The molecule has 0 aliphatic carbocycles. The molecule has 1 aromatic heterocycles. The molecule has 0 atom stereocenters. The average molecular weight is 151 g/mol. The highest BCUT2D eigenvalue weighted by molar-refractivity contribution is 5.23. The van der Waals surface area contributed by atoms with Crippen LogP contribution in [0, 0.1) is 6.92 Å². The molecule has 60 valence electrons. The van der Waals surface area contributed by atoms with E-state index in [-0.39, 0.29) is 0 Å². The predicted octanol–water partition coefficient (Wildman–Crippen LogP) is 1.58. The van der Waals surface area contributed by atoms with E-state index in [1.807, 2.05) is 6.92 Å². The number of furan rings is 1. The van der Waals surface area contributed by atoms with E-state index < -0.39 is 0 Å². The van der Waals surface area contributed by atoms with Crippen molar-refractivity contribution in [1.82, 2.24) is 4.90 Å². The van der Waals surface area contributed by atoms with Crippen LogP contribution in [0.2, 0.25) is 0 Å². The van der Waals surface area contributed by atoms with Gasteiger partial charge in [0.25, 0.3) is 0 Å². The lowest BCUT2D eigenvalue weighted by Gasteiger charge is -2.20. The largest absolute Gasteiger partial charge is 0.466 e. The Morgan fingerprint density at radius 2 is 2.36 bits per heavy atom. The fourth-order valence-electron chi connectivity index (χ4n) is 1.62. The summed E-state index contributed by atoms with van der Waals surface area (Å²) >= 11 is 0. The molecule has 0 aromatic carbocycles. The normalized spacial score (nSPS) is 18.4. The standard InChI is InChI=1S/C9H13NO/c1-7-5-8-6-10(2)4-3-9(8)11-7/h5H,3-4,6H2,1-2H3. The first kappa shape index (κ1) is 6.92. The van der Waals surface area contributed by atoms with Gasteiger partial charge in [-0.2, -0.15) is 0 Å². The molecule has 2 nitrogen and oxygen atoms in total. The third kappa shape index (κ3) is 1.18. The summed E-state index contributed by atoms with van der Waals surface area (Å²) in [6, 6.07) is 2.14. The van der Waals surface area contributed by atoms with E-state index in [0.717, 1.165) is 25.3 Å². The van der Waals surface area contributed by atoms with Crippen LogP contribution < -0.4 is 0 Å². The van der Waals surface area contributed by atoms with Gasteiger partial charge in [0.1, 0.15) is 11.5 Å². The molecule has 2 rings (SSSR count). The summed E-state index contributed by atoms with van der Waals surface area (Å²) in [6.45, 7) is 4.19. The van der Waals surface area contributed by atoms with Crippen molar-refractivity contribution in [1.29, 1.82) is 0 Å². The highest BCUT2D eigenvalue weighted by Crippen LogP contribution is 2.20. The molecule has 0 radical (unpaired) electrons. The molecule has 0 unspecified atom stereocenters. The quantitative estimate of drug-likeness (QED) is 0.559. The zero-order valence-corrected chi connectivity index (χ0v) is 7.05. The van der Waals surface area contributed by atoms with Gasteiger partial charge in [-0.1, -0.05) is 0 Å². The fourth-order valence-corrected chi connectivity index (χ4v) is 1.62. The molecule has 2 heterocycles. The highest BCUT2D eigenvalue weighted by atomic mass is 16.3. The van der Waals surface area contributed by atoms with Crippen molar-refractivity contribution >= 4 is 0 Å². The summed E-state index contributed by atoms with van der Waals surface area (Å²) in [5.74, 6) is 2.24. The van der Waals surface area contributed by atoms with Gasteiger partial charge in [-0.15, -0.1) is 0 Å². The van der Waals surface area contributed by atoms with Crippen LogP contribution in [0.25, 0.3) is 0 Å². The van der Waals surface area contributed by atoms with E-state index in [0.29, 0.717) is 0 Å². The first-order valence-corrected chi connectivity index (χ1v) is 4.02. The van der Waals surface area contributed by atoms with Crippen LogP contribution in [0.1, 0.15) is 17.1 Å². The van der Waals surface area contributed by atoms with E-state index in [1.165, 1.54) is 11.3 Å². The Kier molecular flexibility index (Phi) is 1.50. The van der Waals surface area contributed by atoms with Gasteiger partial charge in [0.15, 0.2) is 0 Å². The first-order chi connectivity index (χ1) is 5.25. The van der Waals surface area contributed by atoms with E-state index in [4.69, 9.17) is 4.42 Å². The summed E-state index contributed by atoms with van der Waals surface area (Å²) in [5, 5.41) is 0. The van der Waals surface area contributed by atoms with Crippen molar-refractivity contribution in [2.45, 2.75) is 19.9 Å². The Hall–Kier alpha value is -0.760. The van der Waals surface area contributed by atoms with Gasteiger partial charge in [-0.3, -0.25) is 0 Å². The van der Waals surface area contributed by atoms with Crippen LogP contribution in [-0.2, 0) is 13.0 Å². The Balaban J connectivity index is 2.34. The Labute approximate surface area is 66.8 Å². The maximum absolute atomic E-state index is 5.53. The van der Waals surface area contributed by atoms with Crippen LogP contribution in [0.4, 0.5) is 0 Å². The van der Waals surface area contributed by atoms with Crippen molar-refractivity contribution < 1.29 is 4.42 Å². The molecule has 1 aliphatic heterocycles. The van der Waals surface area contributed by atoms with Gasteiger partial charge in [0.2, 0.25) is 0 Å². The Bertz CT molecular complexity index is 265. The zero-order valence-electron chi connectivity index (χ0n) is 7.05. The lowest BCUT2D eigenvalue weighted by atomic mass is 10.1. The number of hydrogen-bond donors (Lipinski definition) is 0. The van der Waals surface area contributed by atoms with E-state index in [9.17, 15) is 0 Å². The van der Waals surface area contributed by atoms with Crippen molar-refractivity contribution in [3.05, 3.63) is 23.2 Å². The van der Waals surface area contributed by atoms with Crippen molar-refractivity contribution in [3.63, 3.8) is 0 Å². The van der Waals surface area contributed by atoms with E-state index in [1.54, 1.807) is 0 Å². The van der Waals surface area contributed by atoms with Crippen molar-refractivity contribution in [2.75, 3.05) is 13.6 Å². The zero-order chi connectivity index (χ0) is 7.84. The average Bonchev–Trinajstić information content (AvgIpc) is 2.27. The minimum absolute atomic E-state index is 1.05. The lowest BCUT2D eigenvalue weighted by Crippen LogP contribution is -2.25. The summed E-state index contributed by atoms with van der Waals surface area (Å²) < 4.78 is 5.53. The van der Waals surface area contributed by atoms with Gasteiger partial charge in [-0.05, 0) is 20.0 Å². The van der Waals surface area contributed by atoms with Gasteiger partial charge >= 0.3 is 0 Å². The van der Waals surface area contributed by atoms with Crippen molar-refractivity contribution in [2.24, 2.45) is 0 Å². The second kappa shape index (κ2) is 2.38. The van der Waals surface area contributed by atoms with Gasteiger partial charge in [-0.25, -0.2) is 0 Å². The minimum Gasteiger partial charge on any atom is -0.466 e. The molecule has 1 aliphatic rings. The van der Waals surface area contributed by atoms with Gasteiger partial charge in [0.05, 0.1) is 0 Å². The number of likely N-dealkylation sites (N-methyl/N-ethyl adjacent to an activating group) is 1. The monoisotopic (exact) mass is 151 g/mol. The predicted molar refractivity (Wildman–Crippen MR) is 43.5 cm³/mol. The second-order valence-corrected chi connectivity index (χ2v) is 3.29. The molecule has 2 heteroatoms. The van der Waals surface area contributed by atoms with E-state index >= 15 is 0 Å². The molecular weight excluding hydrogens is 138 g/mol. The number of hydrogen-bond acceptors (Lipinski definition) is 2. The Morgan fingerprint density at radius 3 is 3.18 bits per heavy atom. The molecule has 0 saturated heterocycles. The van der Waals surface area contributed by atoms with Crippen LogP contribution in [0.15, 0.2) is 10.5 Å². The maximum Gasteiger partial charge on any atom is 0.109 e. The summed E-state index contributed by atoms with van der Waals surface area (Å²) in [7, 11) is 2.14. The molecule has 0 saturated carbocycles. The third-order valence-corrected chi connectivity index (χ3v) is 2.18. The minimum atomic E-state index is 1.05. The van der Waals surface area contributed by atoms with Crippen LogP contribution in [0.3, 0.4) is 0 Å². The first-order valence-electron chi connectivity index (χ1n) is 4.02. The number of nitrogens with zero attached hydrogens (tertiary/aromatic N) is 1. The molecule has 11 heavy (non-hydrogen) atoms. The fraction of sp³-hybridized carbons (Fsp3) is 0.556. The lowest BCUT2D eigenvalue weighted by molar-refractivity contribution is 0.292. The summed E-state index contributed by atoms with van der Waals surface area (Å²) in [4.78, 5) is 2.32. The van der Waals surface area contributed by atoms with Crippen LogP contribution in [-0.4, -0.2) is 18.5 Å². The molecule has 0 N–H and O–H groups in total. The number of fused-ring (bicyclic) bond motifs is 1. The highest BCUT2D eigenvalue weighted by Gasteiger charge is 2.16. The molecule has 0 spiro atoms. The number of aryl methyl sites for hydroxylation is 1. The van der Waals surface area contributed by atoms with Crippen LogP contribution >= 0.6 is 0 Å². The topological polar surface area (TPSA) is 16.4 Å². The number of rotatable bonds is 0. The SMILES string of the molecule is Cc1cc2c(o1)CCN(C)C2. The Morgan fingerprint density at radius 1 is 1.55 bits per heavy atom. The summed E-state index contributed by atoms with van der Waals surface area (Å²) in [6.07, 6.45) is 1.07. The molecule has 0 fully saturated rings. The van der Waals surface area contributed by atoms with Crippen LogP contribution in [0.5, 0.6) is 0 Å². The molecule has 0 bridgehead atoms. The summed E-state index contributed by atoms with van der Waals surface area (Å²) in [5.41, 5.74) is 1.37. The van der Waals surface area contributed by atoms with E-state index in [2.05, 4.69) is 18.0 Å². The van der Waals surface area contributed by atoms with Gasteiger partial charge in [0, 0.05) is 25.1 Å². The van der Waals surface area contributed by atoms with Gasteiger partial charge < -0.3 is 9.32 Å². The maximum atomic E-state index is 5.53. The third-order valence-electron chi connectivity index (χ3n) is 2.18.